The van der Waals surface area contributed by atoms with Gasteiger partial charge in [-0.2, -0.15) is 0 Å². The maximum absolute atomic E-state index is 14.0. The number of hydrogen-bond donors (Lipinski definition) is 2. The monoisotopic (exact) mass is 436 g/mol. The summed E-state index contributed by atoms with van der Waals surface area (Å²) in [5.74, 6) is -2.17. The largest absolute Gasteiger partial charge is 0.370 e. The maximum Gasteiger partial charge on any atom is 0.259 e. The van der Waals surface area contributed by atoms with Crippen molar-refractivity contribution in [2.45, 2.75) is 32.7 Å². The molecule has 3 N–H and O–H groups in total. The number of pyridine rings is 1. The molecule has 2 aromatic carbocycles. The smallest absolute Gasteiger partial charge is 0.259 e. The predicted octanol–water partition coefficient (Wildman–Crippen LogP) is 4.82. The average Bonchev–Trinajstić information content (AvgIpc) is 2.75. The molecule has 0 atom stereocenters. The van der Waals surface area contributed by atoms with Gasteiger partial charge in [0.15, 0.2) is 11.6 Å². The van der Waals surface area contributed by atoms with Gasteiger partial charge in [-0.1, -0.05) is 12.1 Å². The Balaban J connectivity index is 1.78. The second-order valence-electron chi connectivity index (χ2n) is 8.37. The number of hydrogen-bond acceptors (Lipinski definition) is 4. The molecule has 0 bridgehead atoms. The van der Waals surface area contributed by atoms with Crippen molar-refractivity contribution in [3.05, 3.63) is 77.1 Å². The van der Waals surface area contributed by atoms with E-state index >= 15 is 0 Å². The van der Waals surface area contributed by atoms with Crippen molar-refractivity contribution in [3.63, 3.8) is 0 Å². The fourth-order valence-electron chi connectivity index (χ4n) is 4.20. The summed E-state index contributed by atoms with van der Waals surface area (Å²) in [7, 11) is 0. The van der Waals surface area contributed by atoms with Gasteiger partial charge in [-0.15, -0.1) is 0 Å². The van der Waals surface area contributed by atoms with E-state index < -0.39 is 11.6 Å². The van der Waals surface area contributed by atoms with Gasteiger partial charge in [-0.3, -0.25) is 9.78 Å². The summed E-state index contributed by atoms with van der Waals surface area (Å²) in [5, 5.41) is 2.96. The number of piperidine rings is 1. The number of nitrogens with two attached hydrogens (primary N) is 1. The summed E-state index contributed by atoms with van der Waals surface area (Å²) in [6, 6.07) is 9.66. The number of carbonyl (C=O) groups is 1. The third-order valence-corrected chi connectivity index (χ3v) is 5.73. The number of nitrogens with one attached hydrogen (secondary N) is 1. The van der Waals surface area contributed by atoms with Crippen LogP contribution in [0.1, 0.15) is 34.3 Å². The molecule has 0 saturated carbocycles. The highest BCUT2D eigenvalue weighted by molar-refractivity contribution is 6.10. The molecular formula is C25H26F2N4O. The fraction of sp³-hybridized carbons (Fsp3) is 0.280. The molecule has 1 saturated heterocycles. The lowest BCUT2D eigenvalue weighted by Gasteiger charge is -2.34. The van der Waals surface area contributed by atoms with Crippen molar-refractivity contribution in [1.82, 2.24) is 4.98 Å². The van der Waals surface area contributed by atoms with Crippen LogP contribution >= 0.6 is 0 Å². The number of aryl methyl sites for hydroxylation is 2. The average molecular weight is 437 g/mol. The zero-order valence-electron chi connectivity index (χ0n) is 18.2. The highest BCUT2D eigenvalue weighted by Gasteiger charge is 2.25. The topological polar surface area (TPSA) is 71.2 Å². The highest BCUT2D eigenvalue weighted by Crippen LogP contribution is 2.36. The van der Waals surface area contributed by atoms with E-state index in [0.717, 1.165) is 36.1 Å². The number of carbonyl (C=O) groups excluding carboxylic acids is 1. The van der Waals surface area contributed by atoms with Crippen LogP contribution < -0.4 is 16.0 Å². The molecule has 166 valence electrons. The van der Waals surface area contributed by atoms with Crippen LogP contribution in [0, 0.1) is 25.5 Å². The lowest BCUT2D eigenvalue weighted by atomic mass is 9.98. The minimum absolute atomic E-state index is 0.104. The normalized spacial score (nSPS) is 14.5. The van der Waals surface area contributed by atoms with Crippen LogP contribution in [0.25, 0.3) is 11.1 Å². The van der Waals surface area contributed by atoms with E-state index in [1.54, 1.807) is 6.20 Å². The van der Waals surface area contributed by atoms with E-state index in [1.165, 1.54) is 12.3 Å². The lowest BCUT2D eigenvalue weighted by Crippen LogP contribution is -2.40. The standard InChI is InChI=1S/C25H26F2N4O/c1-15-9-16(2)11-19(10-15)30-25(32)21-14-29-13-20(17-3-4-22(26)23(27)12-17)24(21)31-7-5-18(28)6-8-31/h3-4,9-14,18H,5-8,28H2,1-2H3,(H,30,32). The predicted molar refractivity (Wildman–Crippen MR) is 123 cm³/mol. The zero-order valence-corrected chi connectivity index (χ0v) is 18.2. The zero-order chi connectivity index (χ0) is 22.8. The first kappa shape index (κ1) is 21.9. The minimum Gasteiger partial charge on any atom is -0.370 e. The van der Waals surface area contributed by atoms with E-state index in [9.17, 15) is 13.6 Å². The molecule has 1 fully saturated rings. The number of amides is 1. The van der Waals surface area contributed by atoms with Gasteiger partial charge in [0, 0.05) is 42.8 Å². The Morgan fingerprint density at radius 2 is 1.72 bits per heavy atom. The van der Waals surface area contributed by atoms with E-state index in [2.05, 4.69) is 15.2 Å². The number of aromatic nitrogens is 1. The molecule has 5 nitrogen and oxygen atoms in total. The number of anilines is 2. The number of benzene rings is 2. The Labute approximate surface area is 186 Å². The first-order valence-electron chi connectivity index (χ1n) is 10.7. The van der Waals surface area contributed by atoms with Gasteiger partial charge in [-0.05, 0) is 67.6 Å². The Morgan fingerprint density at radius 3 is 2.38 bits per heavy atom. The van der Waals surface area contributed by atoms with Crippen LogP contribution in [0.4, 0.5) is 20.2 Å². The molecule has 32 heavy (non-hydrogen) atoms. The van der Waals surface area contributed by atoms with Crippen molar-refractivity contribution in [2.24, 2.45) is 5.73 Å². The second-order valence-corrected chi connectivity index (χ2v) is 8.37. The Hall–Kier alpha value is -3.32. The van der Waals surface area contributed by atoms with Gasteiger partial charge in [-0.25, -0.2) is 8.78 Å². The Kier molecular flexibility index (Phi) is 6.19. The summed E-state index contributed by atoms with van der Waals surface area (Å²) >= 11 is 0. The molecule has 0 spiro atoms. The van der Waals surface area contributed by atoms with Crippen LogP contribution in [-0.4, -0.2) is 30.0 Å². The second kappa shape index (κ2) is 9.04. The molecule has 7 heteroatoms. The van der Waals surface area contributed by atoms with Crippen LogP contribution in [0.2, 0.25) is 0 Å². The SMILES string of the molecule is Cc1cc(C)cc(NC(=O)c2cncc(-c3ccc(F)c(F)c3)c2N2CCC(N)CC2)c1. The summed E-state index contributed by atoms with van der Waals surface area (Å²) < 4.78 is 27.6. The number of halogens is 2. The molecule has 3 aromatic rings. The first-order valence-corrected chi connectivity index (χ1v) is 10.7. The van der Waals surface area contributed by atoms with E-state index in [0.29, 0.717) is 41.2 Å². The van der Waals surface area contributed by atoms with Crippen molar-refractivity contribution < 1.29 is 13.6 Å². The first-order chi connectivity index (χ1) is 15.3. The quantitative estimate of drug-likeness (QED) is 0.615. The fourth-order valence-corrected chi connectivity index (χ4v) is 4.20. The Bertz CT molecular complexity index is 1140. The molecule has 1 aromatic heterocycles. The van der Waals surface area contributed by atoms with Gasteiger partial charge in [0.05, 0.1) is 11.3 Å². The van der Waals surface area contributed by atoms with Crippen molar-refractivity contribution in [1.29, 1.82) is 0 Å². The molecule has 0 radical (unpaired) electrons. The van der Waals surface area contributed by atoms with Crippen LogP contribution in [0.3, 0.4) is 0 Å². The summed E-state index contributed by atoms with van der Waals surface area (Å²) in [5.41, 5.74) is 10.9. The van der Waals surface area contributed by atoms with Gasteiger partial charge < -0.3 is 16.0 Å². The van der Waals surface area contributed by atoms with Crippen molar-refractivity contribution >= 4 is 17.3 Å². The van der Waals surface area contributed by atoms with Crippen molar-refractivity contribution in [3.8, 4) is 11.1 Å². The molecular weight excluding hydrogens is 410 g/mol. The van der Waals surface area contributed by atoms with E-state index in [-0.39, 0.29) is 11.9 Å². The molecule has 0 unspecified atom stereocenters. The van der Waals surface area contributed by atoms with E-state index in [4.69, 9.17) is 5.73 Å². The molecule has 4 rings (SSSR count). The third kappa shape index (κ3) is 4.62. The van der Waals surface area contributed by atoms with Crippen LogP contribution in [0.15, 0.2) is 48.8 Å². The molecule has 1 amide bonds. The lowest BCUT2D eigenvalue weighted by molar-refractivity contribution is 0.102. The molecule has 2 heterocycles. The number of rotatable bonds is 4. The summed E-state index contributed by atoms with van der Waals surface area (Å²) in [6.07, 6.45) is 4.66. The summed E-state index contributed by atoms with van der Waals surface area (Å²) in [4.78, 5) is 19.7. The number of nitrogens with zero attached hydrogens (tertiary/aromatic N) is 2. The summed E-state index contributed by atoms with van der Waals surface area (Å²) in [6.45, 7) is 5.25. The van der Waals surface area contributed by atoms with Crippen molar-refractivity contribution in [2.75, 3.05) is 23.3 Å². The van der Waals surface area contributed by atoms with Crippen LogP contribution in [0.5, 0.6) is 0 Å². The molecule has 1 aliphatic rings. The Morgan fingerprint density at radius 1 is 1.03 bits per heavy atom. The maximum atomic E-state index is 14.0. The van der Waals surface area contributed by atoms with Gasteiger partial charge in [0.25, 0.3) is 5.91 Å². The van der Waals surface area contributed by atoms with Gasteiger partial charge in [0.1, 0.15) is 0 Å². The highest BCUT2D eigenvalue weighted by atomic mass is 19.2. The van der Waals surface area contributed by atoms with E-state index in [1.807, 2.05) is 32.0 Å². The van der Waals surface area contributed by atoms with Gasteiger partial charge in [0.2, 0.25) is 0 Å². The van der Waals surface area contributed by atoms with Gasteiger partial charge >= 0.3 is 0 Å². The van der Waals surface area contributed by atoms with Crippen LogP contribution in [-0.2, 0) is 0 Å². The third-order valence-electron chi connectivity index (χ3n) is 5.73. The molecule has 1 aliphatic heterocycles. The minimum atomic E-state index is -0.945. The molecule has 0 aliphatic carbocycles.